The van der Waals surface area contributed by atoms with Gasteiger partial charge in [-0.3, -0.25) is 4.79 Å². The maximum absolute atomic E-state index is 12.6. The summed E-state index contributed by atoms with van der Waals surface area (Å²) in [5.74, 6) is 2.97. The molecule has 0 heterocycles. The van der Waals surface area contributed by atoms with Crippen LogP contribution in [0.25, 0.3) is 0 Å². The molecule has 0 saturated heterocycles. The van der Waals surface area contributed by atoms with Crippen LogP contribution in [0, 0.1) is 34.5 Å². The molecule has 4 saturated carbocycles. The van der Waals surface area contributed by atoms with Crippen molar-refractivity contribution in [3.8, 4) is 0 Å². The number of nitrogens with two attached hydrogens (primary N) is 1. The van der Waals surface area contributed by atoms with E-state index in [1.54, 1.807) is 0 Å². The van der Waals surface area contributed by atoms with Crippen LogP contribution < -0.4 is 5.73 Å². The van der Waals surface area contributed by atoms with Crippen LogP contribution >= 0.6 is 0 Å². The Kier molecular flexibility index (Phi) is 4.77. The second kappa shape index (κ2) is 6.72. The molecule has 150 valence electrons. The molecule has 4 fully saturated rings. The first-order valence-corrected chi connectivity index (χ1v) is 10.9. The predicted molar refractivity (Wildman–Crippen MR) is 108 cm³/mol. The summed E-state index contributed by atoms with van der Waals surface area (Å²) in [6, 6.07) is 0.0132. The fraction of sp³-hybridized carbons (Fsp3) is 0.826. The normalized spacial score (nSPS) is 46.6. The van der Waals surface area contributed by atoms with E-state index in [0.717, 1.165) is 50.9 Å². The van der Waals surface area contributed by atoms with Crippen LogP contribution in [0.3, 0.4) is 0 Å². The lowest BCUT2D eigenvalue weighted by Crippen LogP contribution is -2.54. The first-order chi connectivity index (χ1) is 12.8. The average Bonchev–Trinajstić information content (AvgIpc) is 2.91. The standard InChI is InChI=1S/C23H36N2O2/c1-14-11-17-18-5-6-21(26)23(18,4)10-8-19(17)22(3)9-7-16(12-20(14)22)25-27-13-15(2)24/h15,17-20H,1,5-13,24H2,2-4H3/t15-,17-,18-,19-,20?,22+,23-/m0/s1. The number of rotatable bonds is 3. The Morgan fingerprint density at radius 1 is 1.22 bits per heavy atom. The molecular weight excluding hydrogens is 336 g/mol. The van der Waals surface area contributed by atoms with Gasteiger partial charge in [-0.15, -0.1) is 0 Å². The van der Waals surface area contributed by atoms with Crippen molar-refractivity contribution < 1.29 is 9.63 Å². The summed E-state index contributed by atoms with van der Waals surface area (Å²) in [7, 11) is 0. The number of hydrogen-bond donors (Lipinski definition) is 1. The number of ketones is 1. The van der Waals surface area contributed by atoms with Gasteiger partial charge in [0, 0.05) is 17.9 Å². The number of Topliss-reactive ketones (excluding diaryl/α,β-unsaturated/α-hetero) is 1. The SMILES string of the molecule is C=C1C[C@@H]2[C@H](CC[C@]3(C)C(=O)CC[C@@H]23)[C@@]2(C)CCC(=NOC[C@H](C)N)CC12. The number of fused-ring (bicyclic) bond motifs is 5. The van der Waals surface area contributed by atoms with E-state index in [-0.39, 0.29) is 11.5 Å². The summed E-state index contributed by atoms with van der Waals surface area (Å²) >= 11 is 0. The van der Waals surface area contributed by atoms with Crippen molar-refractivity contribution in [1.29, 1.82) is 0 Å². The molecule has 2 N–H and O–H groups in total. The first kappa shape index (κ1) is 19.2. The van der Waals surface area contributed by atoms with Crippen LogP contribution in [0.1, 0.15) is 72.1 Å². The molecule has 0 radical (unpaired) electrons. The van der Waals surface area contributed by atoms with Crippen LogP contribution in [0.2, 0.25) is 0 Å². The summed E-state index contributed by atoms with van der Waals surface area (Å²) in [6.07, 6.45) is 8.46. The summed E-state index contributed by atoms with van der Waals surface area (Å²) in [4.78, 5) is 18.0. The first-order valence-electron chi connectivity index (χ1n) is 10.9. The van der Waals surface area contributed by atoms with Crippen LogP contribution in [0.4, 0.5) is 0 Å². The predicted octanol–water partition coefficient (Wildman–Crippen LogP) is 4.48. The molecule has 0 aromatic rings. The molecule has 0 aliphatic heterocycles. The van der Waals surface area contributed by atoms with Gasteiger partial charge in [0.25, 0.3) is 0 Å². The van der Waals surface area contributed by atoms with E-state index in [1.807, 2.05) is 6.92 Å². The molecule has 0 bridgehead atoms. The van der Waals surface area contributed by atoms with E-state index in [1.165, 1.54) is 17.7 Å². The lowest BCUT2D eigenvalue weighted by molar-refractivity contribution is -0.134. The van der Waals surface area contributed by atoms with Crippen molar-refractivity contribution in [3.05, 3.63) is 12.2 Å². The molecule has 0 amide bonds. The highest BCUT2D eigenvalue weighted by Crippen LogP contribution is 2.66. The number of allylic oxidation sites excluding steroid dienone is 1. The molecule has 0 spiro atoms. The molecule has 27 heavy (non-hydrogen) atoms. The zero-order valence-corrected chi connectivity index (χ0v) is 17.3. The second-order valence-corrected chi connectivity index (χ2v) is 10.4. The van der Waals surface area contributed by atoms with E-state index in [9.17, 15) is 4.79 Å². The smallest absolute Gasteiger partial charge is 0.139 e. The number of nitrogens with zero attached hydrogens (tertiary/aromatic N) is 1. The van der Waals surface area contributed by atoms with Crippen molar-refractivity contribution in [2.24, 2.45) is 45.4 Å². The number of hydrogen-bond acceptors (Lipinski definition) is 4. The van der Waals surface area contributed by atoms with Gasteiger partial charge in [0.2, 0.25) is 0 Å². The number of carbonyl (C=O) groups is 1. The average molecular weight is 373 g/mol. The molecule has 4 heteroatoms. The highest BCUT2D eigenvalue weighted by molar-refractivity contribution is 5.87. The van der Waals surface area contributed by atoms with Crippen molar-refractivity contribution in [2.75, 3.05) is 6.61 Å². The summed E-state index contributed by atoms with van der Waals surface area (Å²) in [5.41, 5.74) is 8.57. The Morgan fingerprint density at radius 2 is 2.00 bits per heavy atom. The molecule has 4 aliphatic carbocycles. The van der Waals surface area contributed by atoms with Gasteiger partial charge in [-0.05, 0) is 81.0 Å². The molecule has 0 aromatic carbocycles. The van der Waals surface area contributed by atoms with E-state index in [0.29, 0.717) is 35.6 Å². The summed E-state index contributed by atoms with van der Waals surface area (Å²) in [6.45, 7) is 11.7. The van der Waals surface area contributed by atoms with Crippen LogP contribution in [0.5, 0.6) is 0 Å². The minimum Gasteiger partial charge on any atom is -0.394 e. The Hall–Kier alpha value is -1.16. The lowest BCUT2D eigenvalue weighted by atomic mass is 9.44. The maximum atomic E-state index is 12.6. The van der Waals surface area contributed by atoms with E-state index in [2.05, 4.69) is 25.6 Å². The van der Waals surface area contributed by atoms with Gasteiger partial charge in [-0.1, -0.05) is 31.2 Å². The highest BCUT2D eigenvalue weighted by Gasteiger charge is 2.60. The third-order valence-electron chi connectivity index (χ3n) is 8.70. The fourth-order valence-electron chi connectivity index (χ4n) is 7.15. The van der Waals surface area contributed by atoms with Gasteiger partial charge in [0.15, 0.2) is 0 Å². The highest BCUT2D eigenvalue weighted by atomic mass is 16.6. The van der Waals surface area contributed by atoms with Gasteiger partial charge in [0.05, 0.1) is 5.71 Å². The molecular formula is C23H36N2O2. The van der Waals surface area contributed by atoms with Gasteiger partial charge >= 0.3 is 0 Å². The molecule has 4 rings (SSSR count). The third kappa shape index (κ3) is 2.99. The zero-order chi connectivity index (χ0) is 19.4. The summed E-state index contributed by atoms with van der Waals surface area (Å²) < 4.78 is 0. The van der Waals surface area contributed by atoms with Crippen LogP contribution in [-0.4, -0.2) is 24.1 Å². The quantitative estimate of drug-likeness (QED) is 0.586. The topological polar surface area (TPSA) is 64.7 Å². The fourth-order valence-corrected chi connectivity index (χ4v) is 7.15. The van der Waals surface area contributed by atoms with Crippen LogP contribution in [-0.2, 0) is 9.63 Å². The Morgan fingerprint density at radius 3 is 2.74 bits per heavy atom. The Bertz CT molecular complexity index is 669. The molecule has 1 unspecified atom stereocenters. The Labute approximate surface area is 164 Å². The van der Waals surface area contributed by atoms with Gasteiger partial charge in [0.1, 0.15) is 12.4 Å². The van der Waals surface area contributed by atoms with Crippen molar-refractivity contribution in [2.45, 2.75) is 78.2 Å². The minimum absolute atomic E-state index is 0.0132. The van der Waals surface area contributed by atoms with Crippen molar-refractivity contribution in [1.82, 2.24) is 0 Å². The van der Waals surface area contributed by atoms with Crippen molar-refractivity contribution >= 4 is 11.5 Å². The molecule has 0 aromatic heterocycles. The molecule has 7 atom stereocenters. The minimum atomic E-state index is -0.0569. The Balaban J connectivity index is 1.54. The van der Waals surface area contributed by atoms with Crippen LogP contribution in [0.15, 0.2) is 17.3 Å². The number of oxime groups is 1. The second-order valence-electron chi connectivity index (χ2n) is 10.4. The van der Waals surface area contributed by atoms with Gasteiger partial charge in [-0.25, -0.2) is 0 Å². The van der Waals surface area contributed by atoms with Crippen molar-refractivity contribution in [3.63, 3.8) is 0 Å². The number of carbonyl (C=O) groups excluding carboxylic acids is 1. The third-order valence-corrected chi connectivity index (χ3v) is 8.70. The van der Waals surface area contributed by atoms with Gasteiger partial charge in [-0.2, -0.15) is 0 Å². The largest absolute Gasteiger partial charge is 0.394 e. The lowest BCUT2D eigenvalue weighted by Gasteiger charge is -2.60. The molecule has 4 aliphatic rings. The zero-order valence-electron chi connectivity index (χ0n) is 17.3. The monoisotopic (exact) mass is 372 g/mol. The maximum Gasteiger partial charge on any atom is 0.139 e. The van der Waals surface area contributed by atoms with E-state index >= 15 is 0 Å². The summed E-state index contributed by atoms with van der Waals surface area (Å²) in [5, 5.41) is 4.41. The van der Waals surface area contributed by atoms with Gasteiger partial charge < -0.3 is 10.6 Å². The van der Waals surface area contributed by atoms with E-state index in [4.69, 9.17) is 10.6 Å². The molecule has 4 nitrogen and oxygen atoms in total. The van der Waals surface area contributed by atoms with E-state index < -0.39 is 0 Å².